The summed E-state index contributed by atoms with van der Waals surface area (Å²) in [5.41, 5.74) is 4.62. The molecule has 5 rings (SSSR count). The quantitative estimate of drug-likeness (QED) is 0.612. The Morgan fingerprint density at radius 1 is 0.958 bits per heavy atom. The van der Waals surface area contributed by atoms with Crippen LogP contribution in [-0.4, -0.2) is 13.0 Å². The second kappa shape index (κ2) is 5.25. The molecule has 1 heterocycles. The van der Waals surface area contributed by atoms with Crippen molar-refractivity contribution in [1.82, 2.24) is 0 Å². The van der Waals surface area contributed by atoms with Gasteiger partial charge in [0.2, 0.25) is 6.79 Å². The SMILES string of the molecule is Clc1cc2c(cc1C=Nc1ccc3c4c(cccc14)CC3)OCO2. The lowest BCUT2D eigenvalue weighted by atomic mass is 10.0. The molecule has 1 aliphatic carbocycles. The maximum absolute atomic E-state index is 6.33. The molecule has 24 heavy (non-hydrogen) atoms. The maximum Gasteiger partial charge on any atom is 0.231 e. The van der Waals surface area contributed by atoms with Gasteiger partial charge in [-0.1, -0.05) is 35.9 Å². The highest BCUT2D eigenvalue weighted by Gasteiger charge is 2.17. The Hall–Kier alpha value is -2.52. The third-order valence-electron chi connectivity index (χ3n) is 4.69. The van der Waals surface area contributed by atoms with Crippen molar-refractivity contribution in [3.63, 3.8) is 0 Å². The first-order valence-corrected chi connectivity index (χ1v) is 8.34. The van der Waals surface area contributed by atoms with Gasteiger partial charge in [0.15, 0.2) is 11.5 Å². The molecular weight excluding hydrogens is 322 g/mol. The number of aryl methyl sites for hydroxylation is 2. The van der Waals surface area contributed by atoms with Crippen molar-refractivity contribution in [3.05, 3.63) is 64.2 Å². The van der Waals surface area contributed by atoms with Gasteiger partial charge in [-0.2, -0.15) is 0 Å². The van der Waals surface area contributed by atoms with Crippen LogP contribution in [0.4, 0.5) is 5.69 Å². The average Bonchev–Trinajstić information content (AvgIpc) is 3.22. The summed E-state index contributed by atoms with van der Waals surface area (Å²) in [4.78, 5) is 4.70. The van der Waals surface area contributed by atoms with Gasteiger partial charge in [-0.15, -0.1) is 0 Å². The summed E-state index contributed by atoms with van der Waals surface area (Å²) in [6, 6.07) is 14.4. The molecule has 0 saturated heterocycles. The number of rotatable bonds is 2. The summed E-state index contributed by atoms with van der Waals surface area (Å²) in [7, 11) is 0. The molecule has 2 aliphatic rings. The average molecular weight is 336 g/mol. The number of hydrogen-bond donors (Lipinski definition) is 0. The minimum atomic E-state index is 0.237. The Balaban J connectivity index is 1.60. The summed E-state index contributed by atoms with van der Waals surface area (Å²) in [6.45, 7) is 0.237. The van der Waals surface area contributed by atoms with Crippen LogP contribution in [-0.2, 0) is 12.8 Å². The molecule has 3 aromatic carbocycles. The highest BCUT2D eigenvalue weighted by molar-refractivity contribution is 6.33. The van der Waals surface area contributed by atoms with E-state index in [0.717, 1.165) is 24.1 Å². The van der Waals surface area contributed by atoms with Crippen LogP contribution in [0.25, 0.3) is 10.8 Å². The molecule has 0 fully saturated rings. The molecular formula is C20H14ClNO2. The predicted octanol–water partition coefficient (Wildman–Crippen LogP) is 5.07. The monoisotopic (exact) mass is 335 g/mol. The van der Waals surface area contributed by atoms with E-state index in [0.29, 0.717) is 16.5 Å². The summed E-state index contributed by atoms with van der Waals surface area (Å²) in [5, 5.41) is 3.17. The van der Waals surface area contributed by atoms with Gasteiger partial charge in [0.25, 0.3) is 0 Å². The van der Waals surface area contributed by atoms with E-state index in [-0.39, 0.29) is 6.79 Å². The number of nitrogens with zero attached hydrogens (tertiary/aromatic N) is 1. The molecule has 0 atom stereocenters. The van der Waals surface area contributed by atoms with Gasteiger partial charge in [-0.25, -0.2) is 0 Å². The lowest BCUT2D eigenvalue weighted by Crippen LogP contribution is -1.92. The lowest BCUT2D eigenvalue weighted by Gasteiger charge is -2.06. The summed E-state index contributed by atoms with van der Waals surface area (Å²) < 4.78 is 10.8. The van der Waals surface area contributed by atoms with Crippen molar-refractivity contribution < 1.29 is 9.47 Å². The molecule has 0 bridgehead atoms. The minimum absolute atomic E-state index is 0.237. The van der Waals surface area contributed by atoms with E-state index >= 15 is 0 Å². The van der Waals surface area contributed by atoms with E-state index < -0.39 is 0 Å². The van der Waals surface area contributed by atoms with Crippen molar-refractivity contribution in [1.29, 1.82) is 0 Å². The van der Waals surface area contributed by atoms with Crippen LogP contribution in [0.2, 0.25) is 5.02 Å². The fourth-order valence-corrected chi connectivity index (χ4v) is 3.72. The highest BCUT2D eigenvalue weighted by atomic mass is 35.5. The highest BCUT2D eigenvalue weighted by Crippen LogP contribution is 2.38. The second-order valence-electron chi connectivity index (χ2n) is 6.07. The molecule has 0 spiro atoms. The van der Waals surface area contributed by atoms with E-state index in [1.807, 2.05) is 6.07 Å². The van der Waals surface area contributed by atoms with Crippen LogP contribution in [0.1, 0.15) is 16.7 Å². The van der Waals surface area contributed by atoms with E-state index in [9.17, 15) is 0 Å². The Kier molecular flexibility index (Phi) is 3.03. The minimum Gasteiger partial charge on any atom is -0.454 e. The maximum atomic E-state index is 6.33. The third kappa shape index (κ3) is 2.09. The molecule has 0 radical (unpaired) electrons. The largest absolute Gasteiger partial charge is 0.454 e. The Bertz CT molecular complexity index is 1000. The zero-order chi connectivity index (χ0) is 16.1. The normalized spacial score (nSPS) is 14.9. The van der Waals surface area contributed by atoms with Crippen LogP contribution in [0.5, 0.6) is 11.5 Å². The summed E-state index contributed by atoms with van der Waals surface area (Å²) >= 11 is 6.33. The van der Waals surface area contributed by atoms with Crippen LogP contribution in [0.3, 0.4) is 0 Å². The van der Waals surface area contributed by atoms with Gasteiger partial charge >= 0.3 is 0 Å². The molecule has 0 saturated carbocycles. The number of hydrogen-bond acceptors (Lipinski definition) is 3. The van der Waals surface area contributed by atoms with Crippen LogP contribution in [0.15, 0.2) is 47.5 Å². The Labute approximate surface area is 144 Å². The van der Waals surface area contributed by atoms with Crippen molar-refractivity contribution in [2.75, 3.05) is 6.79 Å². The fourth-order valence-electron chi connectivity index (χ4n) is 3.51. The molecule has 118 valence electrons. The lowest BCUT2D eigenvalue weighted by molar-refractivity contribution is 0.174. The molecule has 0 unspecified atom stereocenters. The second-order valence-corrected chi connectivity index (χ2v) is 6.48. The van der Waals surface area contributed by atoms with Crippen LogP contribution in [0, 0.1) is 0 Å². The molecule has 3 nitrogen and oxygen atoms in total. The third-order valence-corrected chi connectivity index (χ3v) is 5.02. The van der Waals surface area contributed by atoms with Crippen molar-refractivity contribution >= 4 is 34.3 Å². The number of benzene rings is 3. The van der Waals surface area contributed by atoms with Crippen LogP contribution < -0.4 is 9.47 Å². The van der Waals surface area contributed by atoms with E-state index in [2.05, 4.69) is 30.3 Å². The van der Waals surface area contributed by atoms with Crippen molar-refractivity contribution in [2.45, 2.75) is 12.8 Å². The van der Waals surface area contributed by atoms with Gasteiger partial charge in [0.1, 0.15) is 0 Å². The molecule has 3 aromatic rings. The number of aliphatic imine (C=N–C) groups is 1. The smallest absolute Gasteiger partial charge is 0.231 e. The van der Waals surface area contributed by atoms with E-state index in [4.69, 9.17) is 26.1 Å². The Morgan fingerprint density at radius 2 is 1.75 bits per heavy atom. The first-order valence-electron chi connectivity index (χ1n) is 7.96. The van der Waals surface area contributed by atoms with Gasteiger partial charge in [-0.05, 0) is 41.5 Å². The van der Waals surface area contributed by atoms with Crippen LogP contribution >= 0.6 is 11.6 Å². The molecule has 0 N–H and O–H groups in total. The first kappa shape index (κ1) is 13.9. The van der Waals surface area contributed by atoms with Gasteiger partial charge in [-0.3, -0.25) is 4.99 Å². The standard InChI is InChI=1S/C20H14ClNO2/c21-16-9-19-18(23-11-24-19)8-14(16)10-22-17-7-6-13-5-4-12-2-1-3-15(17)20(12)13/h1-3,6-10H,4-5,11H2. The number of fused-ring (bicyclic) bond motifs is 1. The first-order chi connectivity index (χ1) is 11.8. The van der Waals surface area contributed by atoms with Gasteiger partial charge in [0, 0.05) is 23.2 Å². The zero-order valence-electron chi connectivity index (χ0n) is 12.9. The van der Waals surface area contributed by atoms with Crippen molar-refractivity contribution in [3.8, 4) is 11.5 Å². The summed E-state index contributed by atoms with van der Waals surface area (Å²) in [6.07, 6.45) is 4.03. The zero-order valence-corrected chi connectivity index (χ0v) is 13.6. The predicted molar refractivity (Wildman–Crippen MR) is 96.2 cm³/mol. The molecule has 0 aromatic heterocycles. The Morgan fingerprint density at radius 3 is 2.62 bits per heavy atom. The number of halogens is 1. The fraction of sp³-hybridized carbons (Fsp3) is 0.150. The molecule has 4 heteroatoms. The van der Waals surface area contributed by atoms with Gasteiger partial charge in [0.05, 0.1) is 10.7 Å². The van der Waals surface area contributed by atoms with Gasteiger partial charge < -0.3 is 9.47 Å². The van der Waals surface area contributed by atoms with Crippen molar-refractivity contribution in [2.24, 2.45) is 4.99 Å². The van der Waals surface area contributed by atoms with E-state index in [1.54, 1.807) is 12.3 Å². The molecule has 1 aliphatic heterocycles. The summed E-state index contributed by atoms with van der Waals surface area (Å²) in [5.74, 6) is 1.39. The number of ether oxygens (including phenoxy) is 2. The topological polar surface area (TPSA) is 30.8 Å². The van der Waals surface area contributed by atoms with E-state index in [1.165, 1.54) is 21.9 Å². The molecule has 0 amide bonds.